The van der Waals surface area contributed by atoms with Crippen LogP contribution in [0.25, 0.3) is 0 Å². The van der Waals surface area contributed by atoms with E-state index in [2.05, 4.69) is 11.4 Å². The Balaban J connectivity index is 0. The number of benzene rings is 1. The Bertz CT molecular complexity index is 274. The van der Waals surface area contributed by atoms with Gasteiger partial charge in [-0.1, -0.05) is 39.8 Å². The number of anilines is 1. The van der Waals surface area contributed by atoms with Crippen LogP contribution in [0.2, 0.25) is 0 Å². The summed E-state index contributed by atoms with van der Waals surface area (Å²) in [5, 5.41) is 11.8. The Morgan fingerprint density at radius 1 is 1.13 bits per heavy atom. The fraction of sp³-hybridized carbons (Fsp3) is 0.462. The molecule has 0 saturated heterocycles. The van der Waals surface area contributed by atoms with Crippen LogP contribution in [0.5, 0.6) is 0 Å². The predicted molar refractivity (Wildman–Crippen MR) is 68.0 cm³/mol. The SMILES string of the molecule is CC.CC.CCNc1ccccc1C#N. The monoisotopic (exact) mass is 206 g/mol. The van der Waals surface area contributed by atoms with Gasteiger partial charge in [-0.2, -0.15) is 5.26 Å². The molecule has 0 aliphatic carbocycles. The van der Waals surface area contributed by atoms with Crippen molar-refractivity contribution in [3.63, 3.8) is 0 Å². The molecule has 0 aliphatic rings. The maximum atomic E-state index is 8.66. The van der Waals surface area contributed by atoms with Crippen LogP contribution in [0, 0.1) is 11.3 Å². The van der Waals surface area contributed by atoms with Crippen LogP contribution < -0.4 is 5.32 Å². The van der Waals surface area contributed by atoms with E-state index in [1.165, 1.54) is 0 Å². The van der Waals surface area contributed by atoms with E-state index in [0.29, 0.717) is 5.56 Å². The number of para-hydroxylation sites is 1. The van der Waals surface area contributed by atoms with Crippen LogP contribution in [-0.4, -0.2) is 6.54 Å². The molecule has 1 N–H and O–H groups in total. The first kappa shape index (κ1) is 16.0. The molecular formula is C13H22N2. The number of nitrogens with zero attached hydrogens (tertiary/aromatic N) is 1. The van der Waals surface area contributed by atoms with E-state index in [0.717, 1.165) is 12.2 Å². The van der Waals surface area contributed by atoms with Crippen molar-refractivity contribution in [3.05, 3.63) is 29.8 Å². The van der Waals surface area contributed by atoms with Crippen molar-refractivity contribution in [1.82, 2.24) is 0 Å². The number of hydrogen-bond donors (Lipinski definition) is 1. The van der Waals surface area contributed by atoms with E-state index in [-0.39, 0.29) is 0 Å². The van der Waals surface area contributed by atoms with E-state index in [1.807, 2.05) is 52.8 Å². The Morgan fingerprint density at radius 3 is 2.13 bits per heavy atom. The lowest BCUT2D eigenvalue weighted by molar-refractivity contribution is 1.21. The molecule has 2 heteroatoms. The first-order valence-corrected chi connectivity index (χ1v) is 5.61. The van der Waals surface area contributed by atoms with Crippen molar-refractivity contribution < 1.29 is 0 Å². The van der Waals surface area contributed by atoms with Gasteiger partial charge in [-0.15, -0.1) is 0 Å². The molecule has 1 aromatic rings. The second-order valence-corrected chi connectivity index (χ2v) is 2.19. The first-order chi connectivity index (χ1) is 7.38. The topological polar surface area (TPSA) is 35.8 Å². The molecule has 0 heterocycles. The van der Waals surface area contributed by atoms with Crippen molar-refractivity contribution >= 4 is 5.69 Å². The molecule has 1 aromatic carbocycles. The minimum Gasteiger partial charge on any atom is -0.384 e. The summed E-state index contributed by atoms with van der Waals surface area (Å²) in [5.74, 6) is 0. The van der Waals surface area contributed by atoms with Crippen molar-refractivity contribution in [2.45, 2.75) is 34.6 Å². The van der Waals surface area contributed by atoms with Gasteiger partial charge in [0.15, 0.2) is 0 Å². The fourth-order valence-electron chi connectivity index (χ4n) is 0.925. The molecule has 0 fully saturated rings. The van der Waals surface area contributed by atoms with Gasteiger partial charge in [0.25, 0.3) is 0 Å². The molecule has 0 atom stereocenters. The van der Waals surface area contributed by atoms with Crippen molar-refractivity contribution in [2.24, 2.45) is 0 Å². The quantitative estimate of drug-likeness (QED) is 0.792. The third-order valence-electron chi connectivity index (χ3n) is 1.41. The van der Waals surface area contributed by atoms with E-state index >= 15 is 0 Å². The van der Waals surface area contributed by atoms with Crippen molar-refractivity contribution in [3.8, 4) is 6.07 Å². The van der Waals surface area contributed by atoms with Crippen LogP contribution in [0.1, 0.15) is 40.2 Å². The average molecular weight is 206 g/mol. The van der Waals surface area contributed by atoms with Crippen molar-refractivity contribution in [1.29, 1.82) is 5.26 Å². The highest BCUT2D eigenvalue weighted by molar-refractivity contribution is 5.56. The molecule has 15 heavy (non-hydrogen) atoms. The second-order valence-electron chi connectivity index (χ2n) is 2.19. The predicted octanol–water partition coefficient (Wildman–Crippen LogP) is 4.04. The minimum absolute atomic E-state index is 0.703. The molecule has 0 saturated carbocycles. The lowest BCUT2D eigenvalue weighted by Gasteiger charge is -2.03. The van der Waals surface area contributed by atoms with Gasteiger partial charge in [0, 0.05) is 6.54 Å². The highest BCUT2D eigenvalue weighted by Gasteiger charge is 1.95. The Hall–Kier alpha value is -1.49. The van der Waals surface area contributed by atoms with E-state index in [1.54, 1.807) is 6.07 Å². The molecule has 0 bridgehead atoms. The molecule has 84 valence electrons. The second kappa shape index (κ2) is 12.5. The largest absolute Gasteiger partial charge is 0.384 e. The van der Waals surface area contributed by atoms with Gasteiger partial charge >= 0.3 is 0 Å². The van der Waals surface area contributed by atoms with Gasteiger partial charge in [0.2, 0.25) is 0 Å². The first-order valence-electron chi connectivity index (χ1n) is 5.61. The normalized spacial score (nSPS) is 7.20. The van der Waals surface area contributed by atoms with Gasteiger partial charge < -0.3 is 5.32 Å². The molecule has 2 nitrogen and oxygen atoms in total. The highest BCUT2D eigenvalue weighted by Crippen LogP contribution is 2.12. The number of nitrogens with one attached hydrogen (secondary N) is 1. The van der Waals surface area contributed by atoms with E-state index in [9.17, 15) is 0 Å². The summed E-state index contributed by atoms with van der Waals surface area (Å²) in [5.41, 5.74) is 1.62. The van der Waals surface area contributed by atoms with Gasteiger partial charge in [0.1, 0.15) is 6.07 Å². The summed E-state index contributed by atoms with van der Waals surface area (Å²) < 4.78 is 0. The lowest BCUT2D eigenvalue weighted by Crippen LogP contribution is -1.98. The van der Waals surface area contributed by atoms with Crippen LogP contribution in [-0.2, 0) is 0 Å². The number of hydrogen-bond acceptors (Lipinski definition) is 2. The Labute approximate surface area is 93.9 Å². The summed E-state index contributed by atoms with van der Waals surface area (Å²) in [6.07, 6.45) is 0. The molecule has 0 amide bonds. The third kappa shape index (κ3) is 6.56. The molecule has 1 rings (SSSR count). The standard InChI is InChI=1S/C9H10N2.2C2H6/c1-2-11-9-6-4-3-5-8(9)7-10;2*1-2/h3-6,11H,2H2,1H3;2*1-2H3. The molecular weight excluding hydrogens is 184 g/mol. The zero-order chi connectivity index (χ0) is 12.1. The molecule has 0 spiro atoms. The highest BCUT2D eigenvalue weighted by atomic mass is 14.9. The molecule has 0 aromatic heterocycles. The van der Waals surface area contributed by atoms with Gasteiger partial charge in [-0.3, -0.25) is 0 Å². The zero-order valence-corrected chi connectivity index (χ0v) is 10.5. The maximum absolute atomic E-state index is 8.66. The summed E-state index contributed by atoms with van der Waals surface area (Å²) in [6.45, 7) is 10.9. The summed E-state index contributed by atoms with van der Waals surface area (Å²) in [6, 6.07) is 9.60. The Morgan fingerprint density at radius 2 is 1.67 bits per heavy atom. The van der Waals surface area contributed by atoms with Gasteiger partial charge in [-0.25, -0.2) is 0 Å². The van der Waals surface area contributed by atoms with Crippen LogP contribution in [0.15, 0.2) is 24.3 Å². The van der Waals surface area contributed by atoms with Crippen LogP contribution in [0.3, 0.4) is 0 Å². The zero-order valence-electron chi connectivity index (χ0n) is 10.5. The van der Waals surface area contributed by atoms with Crippen molar-refractivity contribution in [2.75, 3.05) is 11.9 Å². The molecule has 0 aliphatic heterocycles. The fourth-order valence-corrected chi connectivity index (χ4v) is 0.925. The Kier molecular flexibility index (Phi) is 13.3. The average Bonchev–Trinajstić information content (AvgIpc) is 2.35. The van der Waals surface area contributed by atoms with Gasteiger partial charge in [-0.05, 0) is 19.1 Å². The number of rotatable bonds is 2. The molecule has 0 unspecified atom stereocenters. The van der Waals surface area contributed by atoms with Gasteiger partial charge in [0.05, 0.1) is 11.3 Å². The van der Waals surface area contributed by atoms with E-state index in [4.69, 9.17) is 5.26 Å². The minimum atomic E-state index is 0.703. The van der Waals surface area contributed by atoms with Crippen LogP contribution in [0.4, 0.5) is 5.69 Å². The summed E-state index contributed by atoms with van der Waals surface area (Å²) in [4.78, 5) is 0. The summed E-state index contributed by atoms with van der Waals surface area (Å²) in [7, 11) is 0. The third-order valence-corrected chi connectivity index (χ3v) is 1.41. The summed E-state index contributed by atoms with van der Waals surface area (Å²) >= 11 is 0. The van der Waals surface area contributed by atoms with E-state index < -0.39 is 0 Å². The molecule has 0 radical (unpaired) electrons. The van der Waals surface area contributed by atoms with Crippen LogP contribution >= 0.6 is 0 Å². The smallest absolute Gasteiger partial charge is 0.101 e. The number of nitriles is 1. The lowest BCUT2D eigenvalue weighted by atomic mass is 10.2. The maximum Gasteiger partial charge on any atom is 0.101 e.